The number of nitrogens with two attached hydrogens (primary N) is 1. The monoisotopic (exact) mass is 308 g/mol. The number of nitrogens with zero attached hydrogens (tertiary/aromatic N) is 3. The fraction of sp³-hybridized carbons (Fsp3) is 0.118. The van der Waals surface area contributed by atoms with Crippen molar-refractivity contribution in [2.24, 2.45) is 5.16 Å². The topological polar surface area (TPSA) is 86.5 Å². The molecule has 1 heterocycles. The van der Waals surface area contributed by atoms with E-state index in [-0.39, 0.29) is 6.61 Å². The van der Waals surface area contributed by atoms with Crippen LogP contribution in [-0.4, -0.2) is 15.9 Å². The predicted molar refractivity (Wildman–Crippen MR) is 87.6 cm³/mol. The van der Waals surface area contributed by atoms with Gasteiger partial charge in [-0.1, -0.05) is 35.5 Å². The molecule has 0 aliphatic rings. The van der Waals surface area contributed by atoms with Gasteiger partial charge in [0.25, 0.3) is 5.89 Å². The lowest BCUT2D eigenvalue weighted by molar-refractivity contribution is 0.111. The van der Waals surface area contributed by atoms with E-state index < -0.39 is 0 Å². The largest absolute Gasteiger partial charge is 0.417 e. The van der Waals surface area contributed by atoms with Crippen molar-refractivity contribution in [3.8, 4) is 11.5 Å². The molecule has 0 saturated heterocycles. The molecule has 0 saturated carbocycles. The van der Waals surface area contributed by atoms with Crippen LogP contribution in [0.4, 0.5) is 5.69 Å². The van der Waals surface area contributed by atoms with Gasteiger partial charge in [-0.25, -0.2) is 0 Å². The Morgan fingerprint density at radius 1 is 1.09 bits per heavy atom. The van der Waals surface area contributed by atoms with Gasteiger partial charge in [-0.05, 0) is 36.8 Å². The van der Waals surface area contributed by atoms with E-state index >= 15 is 0 Å². The first-order valence-electron chi connectivity index (χ1n) is 7.12. The number of anilines is 1. The summed E-state index contributed by atoms with van der Waals surface area (Å²) in [6.07, 6.45) is 0. The highest BCUT2D eigenvalue weighted by atomic mass is 16.6. The molecule has 0 aliphatic heterocycles. The lowest BCUT2D eigenvalue weighted by Gasteiger charge is -2.00. The van der Waals surface area contributed by atoms with Gasteiger partial charge in [-0.15, -0.1) is 10.2 Å². The Morgan fingerprint density at radius 2 is 1.83 bits per heavy atom. The third-order valence-electron chi connectivity index (χ3n) is 3.21. The fourth-order valence-electron chi connectivity index (χ4n) is 1.97. The van der Waals surface area contributed by atoms with Gasteiger partial charge in [0.1, 0.15) is 0 Å². The van der Waals surface area contributed by atoms with Gasteiger partial charge in [0, 0.05) is 11.3 Å². The molecule has 0 unspecified atom stereocenters. The minimum absolute atomic E-state index is 0.117. The van der Waals surface area contributed by atoms with Gasteiger partial charge in [-0.2, -0.15) is 0 Å². The highest BCUT2D eigenvalue weighted by Crippen LogP contribution is 2.19. The number of rotatable bonds is 5. The Balaban J connectivity index is 1.62. The number of nitrogen functional groups attached to an aromatic ring is 1. The first kappa shape index (κ1) is 14.8. The van der Waals surface area contributed by atoms with Crippen LogP contribution in [0, 0.1) is 0 Å². The summed E-state index contributed by atoms with van der Waals surface area (Å²) < 4.78 is 5.54. The molecule has 0 spiro atoms. The van der Waals surface area contributed by atoms with Crippen molar-refractivity contribution < 1.29 is 9.25 Å². The average Bonchev–Trinajstić information content (AvgIpc) is 3.05. The van der Waals surface area contributed by atoms with E-state index in [1.54, 1.807) is 12.1 Å². The fourth-order valence-corrected chi connectivity index (χ4v) is 1.97. The van der Waals surface area contributed by atoms with Crippen LogP contribution in [0.5, 0.6) is 0 Å². The van der Waals surface area contributed by atoms with Crippen molar-refractivity contribution in [3.05, 3.63) is 66.1 Å². The zero-order chi connectivity index (χ0) is 16.1. The zero-order valence-electron chi connectivity index (χ0n) is 12.6. The zero-order valence-corrected chi connectivity index (χ0v) is 12.6. The van der Waals surface area contributed by atoms with Crippen LogP contribution in [0.15, 0.2) is 64.2 Å². The van der Waals surface area contributed by atoms with Crippen molar-refractivity contribution in [2.75, 3.05) is 5.73 Å². The molecule has 2 N–H and O–H groups in total. The number of benzene rings is 2. The molecule has 3 rings (SSSR count). The SMILES string of the molecule is C/C(=N\OCc1nnc(-c2ccc(N)cc2)o1)c1ccccc1. The van der Waals surface area contributed by atoms with Crippen LogP contribution >= 0.6 is 0 Å². The summed E-state index contributed by atoms with van der Waals surface area (Å²) in [7, 11) is 0. The summed E-state index contributed by atoms with van der Waals surface area (Å²) >= 11 is 0. The molecule has 0 radical (unpaired) electrons. The number of hydrogen-bond donors (Lipinski definition) is 1. The second-order valence-electron chi connectivity index (χ2n) is 4.94. The van der Waals surface area contributed by atoms with Crippen LogP contribution in [-0.2, 0) is 11.4 Å². The van der Waals surface area contributed by atoms with E-state index in [1.807, 2.05) is 49.4 Å². The summed E-state index contributed by atoms with van der Waals surface area (Å²) in [5, 5.41) is 12.0. The Hall–Kier alpha value is -3.15. The van der Waals surface area contributed by atoms with Crippen LogP contribution in [0.3, 0.4) is 0 Å². The number of hydrogen-bond acceptors (Lipinski definition) is 6. The van der Waals surface area contributed by atoms with Crippen LogP contribution in [0.2, 0.25) is 0 Å². The van der Waals surface area contributed by atoms with Gasteiger partial charge in [-0.3, -0.25) is 0 Å². The highest BCUT2D eigenvalue weighted by molar-refractivity contribution is 5.98. The van der Waals surface area contributed by atoms with Gasteiger partial charge in [0.2, 0.25) is 5.89 Å². The van der Waals surface area contributed by atoms with E-state index in [1.165, 1.54) is 0 Å². The maximum absolute atomic E-state index is 5.65. The Bertz CT molecular complexity index is 795. The first-order chi connectivity index (χ1) is 11.2. The Morgan fingerprint density at radius 3 is 2.57 bits per heavy atom. The molecule has 2 aromatic carbocycles. The summed E-state index contributed by atoms with van der Waals surface area (Å²) in [5.41, 5.74) is 8.92. The minimum Gasteiger partial charge on any atom is -0.417 e. The molecule has 0 fully saturated rings. The van der Waals surface area contributed by atoms with E-state index in [0.29, 0.717) is 17.5 Å². The molecule has 23 heavy (non-hydrogen) atoms. The van der Waals surface area contributed by atoms with E-state index in [0.717, 1.165) is 16.8 Å². The molecule has 6 heteroatoms. The summed E-state index contributed by atoms with van der Waals surface area (Å²) in [5.74, 6) is 0.786. The predicted octanol–water partition coefficient (Wildman–Crippen LogP) is 3.26. The quantitative estimate of drug-likeness (QED) is 0.444. The lowest BCUT2D eigenvalue weighted by atomic mass is 10.1. The standard InChI is InChI=1S/C17H16N4O2/c1-12(13-5-3-2-4-6-13)21-22-11-16-19-20-17(23-16)14-7-9-15(18)10-8-14/h2-10H,11,18H2,1H3/b21-12+. The lowest BCUT2D eigenvalue weighted by Crippen LogP contribution is -1.96. The van der Waals surface area contributed by atoms with E-state index in [4.69, 9.17) is 15.0 Å². The molecule has 6 nitrogen and oxygen atoms in total. The molecule has 3 aromatic rings. The molecule has 116 valence electrons. The first-order valence-corrected chi connectivity index (χ1v) is 7.12. The minimum atomic E-state index is 0.117. The number of oxime groups is 1. The summed E-state index contributed by atoms with van der Waals surface area (Å²) in [6.45, 7) is 2.00. The van der Waals surface area contributed by atoms with E-state index in [9.17, 15) is 0 Å². The smallest absolute Gasteiger partial charge is 0.257 e. The van der Waals surface area contributed by atoms with Crippen molar-refractivity contribution in [1.29, 1.82) is 0 Å². The third-order valence-corrected chi connectivity index (χ3v) is 3.21. The van der Waals surface area contributed by atoms with Crippen LogP contribution in [0.25, 0.3) is 11.5 Å². The third kappa shape index (κ3) is 3.74. The Labute approximate surface area is 133 Å². The molecule has 0 aliphatic carbocycles. The van der Waals surface area contributed by atoms with Crippen molar-refractivity contribution in [3.63, 3.8) is 0 Å². The van der Waals surface area contributed by atoms with Crippen molar-refractivity contribution >= 4 is 11.4 Å². The molecular weight excluding hydrogens is 292 g/mol. The number of aromatic nitrogens is 2. The second-order valence-corrected chi connectivity index (χ2v) is 4.94. The highest BCUT2D eigenvalue weighted by Gasteiger charge is 2.08. The van der Waals surface area contributed by atoms with E-state index in [2.05, 4.69) is 15.4 Å². The van der Waals surface area contributed by atoms with Gasteiger partial charge >= 0.3 is 0 Å². The van der Waals surface area contributed by atoms with Crippen molar-refractivity contribution in [2.45, 2.75) is 13.5 Å². The Kier molecular flexibility index (Phi) is 4.33. The molecule has 0 atom stereocenters. The van der Waals surface area contributed by atoms with Gasteiger partial charge in [0.15, 0.2) is 6.61 Å². The molecular formula is C17H16N4O2. The maximum Gasteiger partial charge on any atom is 0.257 e. The normalized spacial score (nSPS) is 11.4. The second kappa shape index (κ2) is 6.74. The molecule has 1 aromatic heterocycles. The van der Waals surface area contributed by atoms with Crippen molar-refractivity contribution in [1.82, 2.24) is 10.2 Å². The average molecular weight is 308 g/mol. The molecule has 0 amide bonds. The van der Waals surface area contributed by atoms with Crippen LogP contribution < -0.4 is 5.73 Å². The molecule has 0 bridgehead atoms. The summed E-state index contributed by atoms with van der Waals surface area (Å²) in [6, 6.07) is 17.0. The van der Waals surface area contributed by atoms with Crippen LogP contribution in [0.1, 0.15) is 18.4 Å². The van der Waals surface area contributed by atoms with Gasteiger partial charge in [0.05, 0.1) is 5.71 Å². The maximum atomic E-state index is 5.65. The summed E-state index contributed by atoms with van der Waals surface area (Å²) in [4.78, 5) is 5.28. The van der Waals surface area contributed by atoms with Gasteiger partial charge < -0.3 is 15.0 Å².